The van der Waals surface area contributed by atoms with Crippen molar-refractivity contribution in [1.82, 2.24) is 0 Å². The number of aryl methyl sites for hydroxylation is 2. The average Bonchev–Trinajstić information content (AvgIpc) is 3.08. The molecule has 0 saturated carbocycles. The van der Waals surface area contributed by atoms with Gasteiger partial charge in [0.1, 0.15) is 4.38 Å². The summed E-state index contributed by atoms with van der Waals surface area (Å²) in [5.41, 5.74) is 4.52. The van der Waals surface area contributed by atoms with Crippen molar-refractivity contribution in [3.63, 3.8) is 0 Å². The van der Waals surface area contributed by atoms with Crippen LogP contribution in [0.4, 0.5) is 11.4 Å². The molecule has 0 saturated heterocycles. The van der Waals surface area contributed by atoms with Crippen molar-refractivity contribution in [2.24, 2.45) is 4.99 Å². The fraction of sp³-hybridized carbons (Fsp3) is 0.263. The van der Waals surface area contributed by atoms with E-state index in [1.165, 1.54) is 11.1 Å². The lowest BCUT2D eigenvalue weighted by Gasteiger charge is -2.24. The lowest BCUT2D eigenvalue weighted by Crippen LogP contribution is -2.28. The molecule has 0 radical (unpaired) electrons. The molecule has 3 nitrogen and oxygen atoms in total. The third-order valence-corrected chi connectivity index (χ3v) is 6.49. The molecule has 2 aliphatic heterocycles. The van der Waals surface area contributed by atoms with Gasteiger partial charge in [-0.3, -0.25) is 14.7 Å². The van der Waals surface area contributed by atoms with Crippen LogP contribution in [0.2, 0.25) is 0 Å². The van der Waals surface area contributed by atoms with Crippen molar-refractivity contribution in [3.05, 3.63) is 59.7 Å². The van der Waals surface area contributed by atoms with Crippen LogP contribution < -0.4 is 4.90 Å². The van der Waals surface area contributed by atoms with Gasteiger partial charge in [0.2, 0.25) is 5.91 Å². The van der Waals surface area contributed by atoms with Crippen molar-refractivity contribution in [3.8, 4) is 0 Å². The summed E-state index contributed by atoms with van der Waals surface area (Å²) in [5.74, 6) is 1.58. The molecule has 0 atom stereocenters. The SMILES string of the molecule is O=C(CSC1=NCCS1)N1c2ccccc2CCc2ccccc21. The highest BCUT2D eigenvalue weighted by atomic mass is 32.2. The lowest BCUT2D eigenvalue weighted by atomic mass is 10.0. The highest BCUT2D eigenvalue weighted by Gasteiger charge is 2.25. The zero-order chi connectivity index (χ0) is 16.4. The van der Waals surface area contributed by atoms with Crippen molar-refractivity contribution in [2.45, 2.75) is 12.8 Å². The van der Waals surface area contributed by atoms with E-state index in [9.17, 15) is 4.79 Å². The Hall–Kier alpha value is -1.72. The summed E-state index contributed by atoms with van der Waals surface area (Å²) in [6, 6.07) is 16.5. The van der Waals surface area contributed by atoms with Gasteiger partial charge in [-0.05, 0) is 36.1 Å². The van der Waals surface area contributed by atoms with E-state index in [1.807, 2.05) is 17.0 Å². The first-order chi connectivity index (χ1) is 11.8. The molecule has 1 amide bonds. The first-order valence-electron chi connectivity index (χ1n) is 8.12. The van der Waals surface area contributed by atoms with E-state index < -0.39 is 0 Å². The molecule has 0 unspecified atom stereocenters. The molecule has 2 aromatic carbocycles. The van der Waals surface area contributed by atoms with Crippen molar-refractivity contribution in [1.29, 1.82) is 0 Å². The number of para-hydroxylation sites is 2. The molecule has 122 valence electrons. The Kier molecular flexibility index (Phi) is 4.63. The minimum Gasteiger partial charge on any atom is -0.280 e. The van der Waals surface area contributed by atoms with Crippen LogP contribution in [-0.4, -0.2) is 28.3 Å². The number of benzene rings is 2. The Balaban J connectivity index is 1.68. The van der Waals surface area contributed by atoms with Gasteiger partial charge in [0.25, 0.3) is 0 Å². The highest BCUT2D eigenvalue weighted by molar-refractivity contribution is 8.39. The van der Waals surface area contributed by atoms with Crippen LogP contribution in [-0.2, 0) is 17.6 Å². The molecule has 24 heavy (non-hydrogen) atoms. The molecule has 4 rings (SSSR count). The Bertz CT molecular complexity index is 756. The summed E-state index contributed by atoms with van der Waals surface area (Å²) < 4.78 is 1.04. The number of carbonyl (C=O) groups is 1. The summed E-state index contributed by atoms with van der Waals surface area (Å²) in [5, 5.41) is 0. The van der Waals surface area contributed by atoms with Gasteiger partial charge >= 0.3 is 0 Å². The van der Waals surface area contributed by atoms with E-state index in [1.54, 1.807) is 23.5 Å². The Morgan fingerprint density at radius 3 is 2.25 bits per heavy atom. The van der Waals surface area contributed by atoms with Crippen molar-refractivity contribution in [2.75, 3.05) is 23.0 Å². The molecule has 0 aromatic heterocycles. The molecule has 0 spiro atoms. The maximum atomic E-state index is 13.1. The van der Waals surface area contributed by atoms with Gasteiger partial charge in [0, 0.05) is 5.75 Å². The molecule has 0 aliphatic carbocycles. The summed E-state index contributed by atoms with van der Waals surface area (Å²) in [6.07, 6.45) is 1.93. The minimum absolute atomic E-state index is 0.122. The van der Waals surface area contributed by atoms with Crippen LogP contribution in [0.15, 0.2) is 53.5 Å². The average molecular weight is 355 g/mol. The molecule has 5 heteroatoms. The molecule has 2 aliphatic rings. The van der Waals surface area contributed by atoms with Gasteiger partial charge in [-0.1, -0.05) is 59.9 Å². The van der Waals surface area contributed by atoms with Crippen molar-refractivity contribution < 1.29 is 4.79 Å². The Labute approximate surface area is 150 Å². The zero-order valence-electron chi connectivity index (χ0n) is 13.3. The Morgan fingerprint density at radius 2 is 1.67 bits per heavy atom. The highest BCUT2D eigenvalue weighted by Crippen LogP contribution is 2.36. The number of nitrogens with zero attached hydrogens (tertiary/aromatic N) is 2. The number of hydrogen-bond donors (Lipinski definition) is 0. The number of anilines is 2. The number of aliphatic imine (C=N–C) groups is 1. The second kappa shape index (κ2) is 7.03. The van der Waals surface area contributed by atoms with E-state index in [-0.39, 0.29) is 5.91 Å². The number of fused-ring (bicyclic) bond motifs is 2. The third-order valence-electron chi connectivity index (χ3n) is 4.25. The van der Waals surface area contributed by atoms with Gasteiger partial charge in [-0.2, -0.15) is 0 Å². The van der Waals surface area contributed by atoms with E-state index in [0.717, 1.165) is 40.9 Å². The van der Waals surface area contributed by atoms with Gasteiger partial charge in [-0.15, -0.1) is 0 Å². The number of carbonyl (C=O) groups excluding carboxylic acids is 1. The second-order valence-corrected chi connectivity index (χ2v) is 8.08. The van der Waals surface area contributed by atoms with Gasteiger partial charge in [0.05, 0.1) is 23.7 Å². The van der Waals surface area contributed by atoms with Crippen LogP contribution in [0.1, 0.15) is 11.1 Å². The molecule has 2 aromatic rings. The molecular formula is C19H18N2OS2. The molecular weight excluding hydrogens is 336 g/mol. The maximum Gasteiger partial charge on any atom is 0.241 e. The summed E-state index contributed by atoms with van der Waals surface area (Å²) >= 11 is 3.31. The normalized spacial score (nSPS) is 16.2. The number of thioether (sulfide) groups is 2. The first kappa shape index (κ1) is 15.8. The fourth-order valence-electron chi connectivity index (χ4n) is 3.14. The van der Waals surface area contributed by atoms with E-state index in [2.05, 4.69) is 41.4 Å². The van der Waals surface area contributed by atoms with Gasteiger partial charge in [-0.25, -0.2) is 0 Å². The largest absolute Gasteiger partial charge is 0.280 e. The quantitative estimate of drug-likeness (QED) is 0.807. The third kappa shape index (κ3) is 3.10. The molecule has 0 N–H and O–H groups in total. The van der Waals surface area contributed by atoms with E-state index >= 15 is 0 Å². The maximum absolute atomic E-state index is 13.1. The summed E-state index contributed by atoms with van der Waals surface area (Å²) in [7, 11) is 0. The van der Waals surface area contributed by atoms with E-state index in [0.29, 0.717) is 5.75 Å². The molecule has 0 bridgehead atoms. The topological polar surface area (TPSA) is 32.7 Å². The van der Waals surface area contributed by atoms with Gasteiger partial charge in [0.15, 0.2) is 0 Å². The van der Waals surface area contributed by atoms with Crippen LogP contribution in [0.3, 0.4) is 0 Å². The Morgan fingerprint density at radius 1 is 1.04 bits per heavy atom. The predicted octanol–water partition coefficient (Wildman–Crippen LogP) is 4.29. The van der Waals surface area contributed by atoms with Crippen molar-refractivity contribution >= 4 is 45.2 Å². The number of amides is 1. The zero-order valence-corrected chi connectivity index (χ0v) is 14.9. The standard InChI is InChI=1S/C19H18N2OS2/c22-18(13-24-19-20-11-12-23-19)21-16-7-3-1-5-14(16)9-10-15-6-2-4-8-17(15)21/h1-8H,9-13H2. The monoisotopic (exact) mass is 354 g/mol. The van der Waals surface area contributed by atoms with E-state index in [4.69, 9.17) is 0 Å². The van der Waals surface area contributed by atoms with Gasteiger partial charge < -0.3 is 0 Å². The van der Waals surface area contributed by atoms with Crippen LogP contribution in [0, 0.1) is 0 Å². The predicted molar refractivity (Wildman–Crippen MR) is 105 cm³/mol. The number of rotatable bonds is 2. The minimum atomic E-state index is 0.122. The summed E-state index contributed by atoms with van der Waals surface area (Å²) in [6.45, 7) is 0.872. The number of hydrogen-bond acceptors (Lipinski definition) is 4. The second-order valence-electron chi connectivity index (χ2n) is 5.77. The van der Waals surface area contributed by atoms with Crippen LogP contribution in [0.25, 0.3) is 0 Å². The molecule has 0 fully saturated rings. The molecule has 2 heterocycles. The van der Waals surface area contributed by atoms with Crippen LogP contribution in [0.5, 0.6) is 0 Å². The summed E-state index contributed by atoms with van der Waals surface area (Å²) in [4.78, 5) is 19.4. The van der Waals surface area contributed by atoms with Crippen LogP contribution >= 0.6 is 23.5 Å². The smallest absolute Gasteiger partial charge is 0.241 e. The fourth-order valence-corrected chi connectivity index (χ4v) is 5.00. The lowest BCUT2D eigenvalue weighted by molar-refractivity contribution is -0.115. The first-order valence-corrected chi connectivity index (χ1v) is 10.1.